The lowest BCUT2D eigenvalue weighted by molar-refractivity contribution is 0.351. The summed E-state index contributed by atoms with van der Waals surface area (Å²) in [4.78, 5) is 12.2. The maximum Gasteiger partial charge on any atom is 0.202 e. The van der Waals surface area contributed by atoms with Crippen molar-refractivity contribution in [2.75, 3.05) is 5.73 Å². The summed E-state index contributed by atoms with van der Waals surface area (Å²) in [5.74, 6) is 0.423. The summed E-state index contributed by atoms with van der Waals surface area (Å²) in [6.07, 6.45) is 1.39. The fraction of sp³-hybridized carbons (Fsp3) is 0.500. The molecule has 16 heavy (non-hydrogen) atoms. The quantitative estimate of drug-likeness (QED) is 0.774. The fourth-order valence-electron chi connectivity index (χ4n) is 1.58. The number of hydrogen-bond donors (Lipinski definition) is 1. The Kier molecular flexibility index (Phi) is 2.50. The summed E-state index contributed by atoms with van der Waals surface area (Å²) in [7, 11) is 0. The predicted octanol–water partition coefficient (Wildman–Crippen LogP) is 2.11. The molecule has 0 bridgehead atoms. The molecular formula is C10H14ClN5. The summed E-state index contributed by atoms with van der Waals surface area (Å²) in [6.45, 7) is 7.09. The van der Waals surface area contributed by atoms with Gasteiger partial charge in [0.05, 0.1) is 0 Å². The highest BCUT2D eigenvalue weighted by molar-refractivity contribution is 6.33. The van der Waals surface area contributed by atoms with Crippen molar-refractivity contribution in [2.24, 2.45) is 5.41 Å². The molecule has 86 valence electrons. The molecule has 2 aromatic rings. The number of nitrogen functional groups attached to an aromatic ring is 1. The molecule has 0 saturated carbocycles. The monoisotopic (exact) mass is 239 g/mol. The molecule has 0 aromatic carbocycles. The highest BCUT2D eigenvalue weighted by Crippen LogP contribution is 2.26. The van der Waals surface area contributed by atoms with E-state index in [9.17, 15) is 0 Å². The third-order valence-corrected chi connectivity index (χ3v) is 2.43. The fourth-order valence-corrected chi connectivity index (χ4v) is 1.81. The highest BCUT2D eigenvalue weighted by atomic mass is 35.5. The van der Waals surface area contributed by atoms with E-state index in [1.807, 2.05) is 4.57 Å². The summed E-state index contributed by atoms with van der Waals surface area (Å²) in [6, 6.07) is 0. The summed E-state index contributed by atoms with van der Waals surface area (Å²) >= 11 is 6.04. The van der Waals surface area contributed by atoms with Crippen molar-refractivity contribution in [3.8, 4) is 0 Å². The van der Waals surface area contributed by atoms with E-state index in [2.05, 4.69) is 35.7 Å². The zero-order valence-electron chi connectivity index (χ0n) is 9.53. The smallest absolute Gasteiger partial charge is 0.202 e. The first-order valence-corrected chi connectivity index (χ1v) is 5.38. The molecule has 2 N–H and O–H groups in total. The van der Waals surface area contributed by atoms with Gasteiger partial charge in [-0.3, -0.25) is 0 Å². The second-order valence-corrected chi connectivity index (χ2v) is 5.31. The first-order valence-electron chi connectivity index (χ1n) is 5.01. The van der Waals surface area contributed by atoms with Crippen molar-refractivity contribution in [3.63, 3.8) is 0 Å². The van der Waals surface area contributed by atoms with Crippen molar-refractivity contribution >= 4 is 28.7 Å². The Hall–Kier alpha value is -1.36. The largest absolute Gasteiger partial charge is 0.369 e. The molecule has 0 atom stereocenters. The van der Waals surface area contributed by atoms with E-state index >= 15 is 0 Å². The van der Waals surface area contributed by atoms with Gasteiger partial charge in [0.2, 0.25) is 5.95 Å². The Bertz CT molecular complexity index is 526. The van der Waals surface area contributed by atoms with Crippen molar-refractivity contribution in [1.82, 2.24) is 19.5 Å². The SMILES string of the molecule is CC(C)(C)Cn1c(N)nc2ncnc(Cl)c21. The topological polar surface area (TPSA) is 69.6 Å². The number of nitrogens with two attached hydrogens (primary N) is 1. The van der Waals surface area contributed by atoms with Crippen LogP contribution in [0.4, 0.5) is 5.95 Å². The van der Waals surface area contributed by atoms with Gasteiger partial charge in [-0.2, -0.15) is 4.98 Å². The molecule has 5 nitrogen and oxygen atoms in total. The van der Waals surface area contributed by atoms with Gasteiger partial charge in [0, 0.05) is 6.54 Å². The van der Waals surface area contributed by atoms with Gasteiger partial charge in [0.25, 0.3) is 0 Å². The summed E-state index contributed by atoms with van der Waals surface area (Å²) in [5.41, 5.74) is 7.19. The van der Waals surface area contributed by atoms with Gasteiger partial charge in [-0.25, -0.2) is 9.97 Å². The zero-order valence-corrected chi connectivity index (χ0v) is 10.3. The molecule has 2 rings (SSSR count). The number of halogens is 1. The molecule has 0 aliphatic rings. The summed E-state index contributed by atoms with van der Waals surface area (Å²) in [5, 5.41) is 0.387. The van der Waals surface area contributed by atoms with E-state index in [0.29, 0.717) is 22.3 Å². The van der Waals surface area contributed by atoms with E-state index in [1.165, 1.54) is 6.33 Å². The van der Waals surface area contributed by atoms with Crippen molar-refractivity contribution in [2.45, 2.75) is 27.3 Å². The normalized spacial score (nSPS) is 12.2. The van der Waals surface area contributed by atoms with Crippen LogP contribution in [0.25, 0.3) is 11.2 Å². The van der Waals surface area contributed by atoms with Crippen LogP contribution in [-0.4, -0.2) is 19.5 Å². The molecule has 0 amide bonds. The van der Waals surface area contributed by atoms with Crippen LogP contribution in [0.1, 0.15) is 20.8 Å². The van der Waals surface area contributed by atoms with Gasteiger partial charge in [-0.1, -0.05) is 32.4 Å². The van der Waals surface area contributed by atoms with E-state index in [1.54, 1.807) is 0 Å². The van der Waals surface area contributed by atoms with Crippen molar-refractivity contribution < 1.29 is 0 Å². The van der Waals surface area contributed by atoms with Gasteiger partial charge in [0.1, 0.15) is 11.8 Å². The third kappa shape index (κ3) is 1.95. The molecule has 0 aliphatic heterocycles. The Morgan fingerprint density at radius 2 is 2.06 bits per heavy atom. The van der Waals surface area contributed by atoms with Gasteiger partial charge in [-0.15, -0.1) is 0 Å². The molecule has 6 heteroatoms. The average molecular weight is 240 g/mol. The molecule has 0 unspecified atom stereocenters. The number of hydrogen-bond acceptors (Lipinski definition) is 4. The highest BCUT2D eigenvalue weighted by Gasteiger charge is 2.18. The lowest BCUT2D eigenvalue weighted by Gasteiger charge is -2.20. The van der Waals surface area contributed by atoms with E-state index < -0.39 is 0 Å². The van der Waals surface area contributed by atoms with Crippen LogP contribution in [0.15, 0.2) is 6.33 Å². The minimum absolute atomic E-state index is 0.0842. The maximum absolute atomic E-state index is 6.04. The Morgan fingerprint density at radius 3 is 2.69 bits per heavy atom. The third-order valence-electron chi connectivity index (χ3n) is 2.16. The van der Waals surface area contributed by atoms with Crippen LogP contribution in [0.2, 0.25) is 5.15 Å². The lowest BCUT2D eigenvalue weighted by Crippen LogP contribution is -2.17. The number of imidazole rings is 1. The van der Waals surface area contributed by atoms with Crippen LogP contribution in [0.5, 0.6) is 0 Å². The minimum atomic E-state index is 0.0842. The van der Waals surface area contributed by atoms with Crippen LogP contribution < -0.4 is 5.73 Å². The van der Waals surface area contributed by atoms with Crippen molar-refractivity contribution in [3.05, 3.63) is 11.5 Å². The van der Waals surface area contributed by atoms with Crippen LogP contribution in [0, 0.1) is 5.41 Å². The van der Waals surface area contributed by atoms with E-state index in [-0.39, 0.29) is 5.41 Å². The Morgan fingerprint density at radius 1 is 1.38 bits per heavy atom. The number of rotatable bonds is 1. The number of fused-ring (bicyclic) bond motifs is 1. The second kappa shape index (κ2) is 3.59. The Labute approximate surface area is 98.7 Å². The minimum Gasteiger partial charge on any atom is -0.369 e. The van der Waals surface area contributed by atoms with Gasteiger partial charge in [-0.05, 0) is 5.41 Å². The van der Waals surface area contributed by atoms with Crippen molar-refractivity contribution in [1.29, 1.82) is 0 Å². The molecular weight excluding hydrogens is 226 g/mol. The molecule has 0 spiro atoms. The van der Waals surface area contributed by atoms with Crippen LogP contribution in [-0.2, 0) is 6.54 Å². The number of aromatic nitrogens is 4. The average Bonchev–Trinajstić information content (AvgIpc) is 2.42. The lowest BCUT2D eigenvalue weighted by atomic mass is 9.97. The molecule has 0 radical (unpaired) electrons. The maximum atomic E-state index is 6.04. The van der Waals surface area contributed by atoms with E-state index in [0.717, 1.165) is 6.54 Å². The van der Waals surface area contributed by atoms with Crippen LogP contribution in [0.3, 0.4) is 0 Å². The molecule has 0 saturated heterocycles. The number of nitrogens with zero attached hydrogens (tertiary/aromatic N) is 4. The second-order valence-electron chi connectivity index (χ2n) is 4.95. The summed E-state index contributed by atoms with van der Waals surface area (Å²) < 4.78 is 1.86. The van der Waals surface area contributed by atoms with E-state index in [4.69, 9.17) is 17.3 Å². The Balaban J connectivity index is 2.64. The van der Waals surface area contributed by atoms with Crippen LogP contribution >= 0.6 is 11.6 Å². The zero-order chi connectivity index (χ0) is 11.9. The first-order chi connectivity index (χ1) is 7.38. The molecule has 2 heterocycles. The molecule has 2 aromatic heterocycles. The van der Waals surface area contributed by atoms with Gasteiger partial charge >= 0.3 is 0 Å². The first kappa shape index (κ1) is 11.1. The molecule has 0 aliphatic carbocycles. The number of anilines is 1. The predicted molar refractivity (Wildman–Crippen MR) is 64.2 cm³/mol. The molecule has 0 fully saturated rings. The van der Waals surface area contributed by atoms with Gasteiger partial charge < -0.3 is 10.3 Å². The standard InChI is InChI=1S/C10H14ClN5/c1-10(2,3)4-16-6-7(11)13-5-14-8(6)15-9(16)12/h5H,4H2,1-3H3,(H2,12,13,14,15). The van der Waals surface area contributed by atoms with Gasteiger partial charge in [0.15, 0.2) is 10.8 Å².